The van der Waals surface area contributed by atoms with Gasteiger partial charge in [-0.1, -0.05) is 122 Å². The highest BCUT2D eigenvalue weighted by atomic mass is 15.1. The van der Waals surface area contributed by atoms with E-state index >= 15 is 0 Å². The summed E-state index contributed by atoms with van der Waals surface area (Å²) in [7, 11) is 0. The molecular weight excluding hydrogens is 669 g/mol. The fourth-order valence-electron chi connectivity index (χ4n) is 6.23. The van der Waals surface area contributed by atoms with Crippen LogP contribution in [0, 0.1) is 0 Å². The third kappa shape index (κ3) is 9.42. The van der Waals surface area contributed by atoms with Crippen LogP contribution < -0.4 is 4.90 Å². The third-order valence-corrected chi connectivity index (χ3v) is 8.65. The zero-order valence-corrected chi connectivity index (χ0v) is 32.3. The SMILES string of the molecule is C=CC.C=CC.C=CCC.C=CCc1ccccc1N(c1ccc(-c2nc3ccccc3nc2-c2ccccc2)cc1)c1ccc2[nH]c3ccccc3c2c1. The van der Waals surface area contributed by atoms with Gasteiger partial charge in [0.2, 0.25) is 0 Å². The zero-order chi connectivity index (χ0) is 39.0. The average Bonchev–Trinajstić information content (AvgIpc) is 3.61. The number of nitrogens with one attached hydrogen (secondary N) is 1. The van der Waals surface area contributed by atoms with Gasteiger partial charge in [-0.05, 0) is 86.8 Å². The molecule has 0 bridgehead atoms. The van der Waals surface area contributed by atoms with Gasteiger partial charge in [-0.25, -0.2) is 9.97 Å². The number of allylic oxidation sites excluding steroid dienone is 4. The summed E-state index contributed by atoms with van der Waals surface area (Å²) in [6.07, 6.45) is 9.19. The van der Waals surface area contributed by atoms with Crippen LogP contribution in [0.4, 0.5) is 17.1 Å². The Morgan fingerprint density at radius 2 is 1.05 bits per heavy atom. The lowest BCUT2D eigenvalue weighted by Crippen LogP contribution is -2.12. The molecule has 1 N–H and O–H groups in total. The Morgan fingerprint density at radius 1 is 0.545 bits per heavy atom. The molecule has 8 rings (SSSR count). The number of fused-ring (bicyclic) bond motifs is 4. The van der Waals surface area contributed by atoms with Crippen molar-refractivity contribution in [3.8, 4) is 22.5 Å². The molecule has 0 unspecified atom stereocenters. The van der Waals surface area contributed by atoms with Crippen LogP contribution in [0.5, 0.6) is 0 Å². The van der Waals surface area contributed by atoms with Crippen LogP contribution in [-0.2, 0) is 6.42 Å². The second kappa shape index (κ2) is 19.9. The Kier molecular flexibility index (Phi) is 14.3. The first-order chi connectivity index (χ1) is 27.0. The molecule has 2 heterocycles. The van der Waals surface area contributed by atoms with Crippen LogP contribution in [0.15, 0.2) is 196 Å². The van der Waals surface area contributed by atoms with Crippen molar-refractivity contribution >= 4 is 49.9 Å². The van der Waals surface area contributed by atoms with E-state index in [1.165, 1.54) is 16.3 Å². The highest BCUT2D eigenvalue weighted by Gasteiger charge is 2.19. The largest absolute Gasteiger partial charge is 0.355 e. The summed E-state index contributed by atoms with van der Waals surface area (Å²) in [5, 5.41) is 2.41. The monoisotopic (exact) mass is 718 g/mol. The highest BCUT2D eigenvalue weighted by molar-refractivity contribution is 6.08. The van der Waals surface area contributed by atoms with Crippen molar-refractivity contribution in [2.75, 3.05) is 4.90 Å². The van der Waals surface area contributed by atoms with E-state index in [-0.39, 0.29) is 0 Å². The number of hydrogen-bond acceptors (Lipinski definition) is 3. The Bertz CT molecular complexity index is 2480. The van der Waals surface area contributed by atoms with Gasteiger partial charge in [0.25, 0.3) is 0 Å². The summed E-state index contributed by atoms with van der Waals surface area (Å²) >= 11 is 0. The van der Waals surface area contributed by atoms with Crippen LogP contribution in [0.3, 0.4) is 0 Å². The molecule has 0 saturated carbocycles. The second-order valence-electron chi connectivity index (χ2n) is 12.7. The van der Waals surface area contributed by atoms with Crippen LogP contribution in [0.25, 0.3) is 55.4 Å². The molecule has 0 amide bonds. The molecule has 6 aromatic carbocycles. The molecular formula is C51H50N4. The smallest absolute Gasteiger partial charge is 0.0973 e. The molecule has 0 aliphatic heterocycles. The van der Waals surface area contributed by atoms with Gasteiger partial charge in [0.15, 0.2) is 0 Å². The number of H-pyrrole nitrogens is 1. The third-order valence-electron chi connectivity index (χ3n) is 8.65. The number of aromatic amines is 1. The van der Waals surface area contributed by atoms with E-state index in [1.54, 1.807) is 12.2 Å². The number of para-hydroxylation sites is 4. The molecule has 0 aliphatic carbocycles. The van der Waals surface area contributed by atoms with Crippen LogP contribution >= 0.6 is 0 Å². The minimum Gasteiger partial charge on any atom is -0.355 e. The van der Waals surface area contributed by atoms with Crippen LogP contribution in [0.1, 0.15) is 32.8 Å². The molecule has 0 aliphatic rings. The molecule has 8 aromatic rings. The molecule has 55 heavy (non-hydrogen) atoms. The maximum atomic E-state index is 5.12. The van der Waals surface area contributed by atoms with E-state index in [4.69, 9.17) is 9.97 Å². The minimum absolute atomic E-state index is 0.771. The number of aromatic nitrogens is 3. The number of anilines is 3. The first kappa shape index (κ1) is 39.4. The van der Waals surface area contributed by atoms with Gasteiger partial charge in [-0.15, -0.1) is 26.3 Å². The molecule has 0 saturated heterocycles. The first-order valence-electron chi connectivity index (χ1n) is 18.7. The predicted octanol–water partition coefficient (Wildman–Crippen LogP) is 14.8. The molecule has 0 atom stereocenters. The maximum Gasteiger partial charge on any atom is 0.0973 e. The summed E-state index contributed by atoms with van der Waals surface area (Å²) in [6, 6.07) is 50.7. The lowest BCUT2D eigenvalue weighted by Gasteiger charge is -2.28. The fraction of sp³-hybridized carbons (Fsp3) is 0.0980. The summed E-state index contributed by atoms with van der Waals surface area (Å²) in [5.41, 5.74) is 12.3. The Morgan fingerprint density at radius 3 is 1.67 bits per heavy atom. The van der Waals surface area contributed by atoms with Gasteiger partial charge in [-0.2, -0.15) is 0 Å². The second-order valence-corrected chi connectivity index (χ2v) is 12.7. The Balaban J connectivity index is 0.000000525. The number of nitrogens with zero attached hydrogens (tertiary/aromatic N) is 3. The van der Waals surface area contributed by atoms with Crippen LogP contribution in [0.2, 0.25) is 0 Å². The summed E-state index contributed by atoms with van der Waals surface area (Å²) in [4.78, 5) is 16.1. The maximum absolute atomic E-state index is 5.12. The van der Waals surface area contributed by atoms with Gasteiger partial charge in [-0.3, -0.25) is 0 Å². The quantitative estimate of drug-likeness (QED) is 0.159. The fourth-order valence-corrected chi connectivity index (χ4v) is 6.23. The lowest BCUT2D eigenvalue weighted by atomic mass is 10.0. The molecule has 2 aromatic heterocycles. The van der Waals surface area contributed by atoms with Crippen molar-refractivity contribution in [2.24, 2.45) is 0 Å². The molecule has 0 spiro atoms. The summed E-state index contributed by atoms with van der Waals surface area (Å²) < 4.78 is 0. The number of hydrogen-bond donors (Lipinski definition) is 1. The van der Waals surface area contributed by atoms with Crippen molar-refractivity contribution in [3.05, 3.63) is 202 Å². The molecule has 4 nitrogen and oxygen atoms in total. The standard InChI is InChI=1S/C41H30N4.C4H8.2C3H6/c1-2-12-28-13-6-11-20-39(28)45(32-25-26-36-34(27-32)33-16-7-8-17-35(33)42-36)31-23-21-30(22-24-31)41-40(29-14-4-3-5-15-29)43-37-18-9-10-19-38(37)44-41;1-3-4-2;2*1-3-2/h2-11,13-27,42H,1,12H2;3H,1,4H2,2H3;2*3H,1H2,2H3. The zero-order valence-electron chi connectivity index (χ0n) is 32.3. The normalized spacial score (nSPS) is 10.2. The summed E-state index contributed by atoms with van der Waals surface area (Å²) in [5.74, 6) is 0. The van der Waals surface area contributed by atoms with E-state index in [1.807, 2.05) is 68.5 Å². The van der Waals surface area contributed by atoms with Gasteiger partial charge in [0, 0.05) is 50.0 Å². The van der Waals surface area contributed by atoms with Crippen LogP contribution in [-0.4, -0.2) is 15.0 Å². The topological polar surface area (TPSA) is 44.8 Å². The van der Waals surface area contributed by atoms with E-state index in [2.05, 4.69) is 146 Å². The Labute approximate surface area is 326 Å². The van der Waals surface area contributed by atoms with Gasteiger partial charge in [0.1, 0.15) is 0 Å². The molecule has 0 radical (unpaired) electrons. The van der Waals surface area contributed by atoms with E-state index in [9.17, 15) is 0 Å². The van der Waals surface area contributed by atoms with Gasteiger partial charge < -0.3 is 9.88 Å². The first-order valence-corrected chi connectivity index (χ1v) is 18.7. The van der Waals surface area contributed by atoms with Crippen molar-refractivity contribution in [1.82, 2.24) is 15.0 Å². The number of benzene rings is 6. The molecule has 0 fully saturated rings. The molecule has 4 heteroatoms. The average molecular weight is 719 g/mol. The highest BCUT2D eigenvalue weighted by Crippen LogP contribution is 2.40. The van der Waals surface area contributed by atoms with Crippen molar-refractivity contribution < 1.29 is 0 Å². The van der Waals surface area contributed by atoms with Gasteiger partial charge >= 0.3 is 0 Å². The van der Waals surface area contributed by atoms with E-state index < -0.39 is 0 Å². The molecule has 274 valence electrons. The van der Waals surface area contributed by atoms with Gasteiger partial charge in [0.05, 0.1) is 22.4 Å². The van der Waals surface area contributed by atoms with Crippen molar-refractivity contribution in [3.63, 3.8) is 0 Å². The lowest BCUT2D eigenvalue weighted by molar-refractivity contribution is 1.20. The van der Waals surface area contributed by atoms with Crippen molar-refractivity contribution in [1.29, 1.82) is 0 Å². The predicted molar refractivity (Wildman–Crippen MR) is 241 cm³/mol. The minimum atomic E-state index is 0.771. The number of rotatable bonds is 8. The van der Waals surface area contributed by atoms with Crippen molar-refractivity contribution in [2.45, 2.75) is 33.6 Å². The Hall–Kier alpha value is -6.78. The van der Waals surface area contributed by atoms with E-state index in [0.29, 0.717) is 0 Å². The van der Waals surface area contributed by atoms with E-state index in [0.717, 1.165) is 74.5 Å². The summed E-state index contributed by atoms with van der Waals surface area (Å²) in [6.45, 7) is 20.1.